The van der Waals surface area contributed by atoms with Crippen LogP contribution < -0.4 is 5.32 Å². The largest absolute Gasteiger partial charge is 0.433 e. The first-order valence-corrected chi connectivity index (χ1v) is 7.00. The molecule has 110 valence electrons. The summed E-state index contributed by atoms with van der Waals surface area (Å²) in [6.45, 7) is 1.95. The van der Waals surface area contributed by atoms with E-state index in [1.165, 1.54) is 6.07 Å². The van der Waals surface area contributed by atoms with Gasteiger partial charge in [-0.3, -0.25) is 10.4 Å². The highest BCUT2D eigenvalue weighted by molar-refractivity contribution is 14.1. The molecule has 0 atom stereocenters. The lowest BCUT2D eigenvalue weighted by molar-refractivity contribution is -0.141. The highest BCUT2D eigenvalue weighted by Gasteiger charge is 2.32. The Balaban J connectivity index is 2.22. The fourth-order valence-corrected chi connectivity index (χ4v) is 2.14. The summed E-state index contributed by atoms with van der Waals surface area (Å²) < 4.78 is 38.8. The molecule has 2 rings (SSSR count). The molecule has 1 aromatic heterocycles. The third-order valence-electron chi connectivity index (χ3n) is 2.78. The van der Waals surface area contributed by atoms with Crippen LogP contribution >= 0.6 is 22.6 Å². The van der Waals surface area contributed by atoms with Gasteiger partial charge in [-0.1, -0.05) is 6.07 Å². The van der Waals surface area contributed by atoms with Gasteiger partial charge in [-0.05, 0) is 59.3 Å². The van der Waals surface area contributed by atoms with Gasteiger partial charge in [0.2, 0.25) is 0 Å². The highest BCUT2D eigenvalue weighted by atomic mass is 127. The number of pyridine rings is 1. The van der Waals surface area contributed by atoms with Gasteiger partial charge < -0.3 is 5.32 Å². The van der Waals surface area contributed by atoms with Crippen LogP contribution in [0.15, 0.2) is 36.5 Å². The smallest absolute Gasteiger partial charge is 0.340 e. The molecule has 2 N–H and O–H groups in total. The third kappa shape index (κ3) is 3.93. The van der Waals surface area contributed by atoms with E-state index in [0.717, 1.165) is 21.4 Å². The molecule has 0 saturated heterocycles. The van der Waals surface area contributed by atoms with Gasteiger partial charge in [0.25, 0.3) is 0 Å². The topological polar surface area (TPSA) is 48.8 Å². The van der Waals surface area contributed by atoms with Crippen molar-refractivity contribution >= 4 is 34.1 Å². The van der Waals surface area contributed by atoms with Gasteiger partial charge >= 0.3 is 6.18 Å². The lowest BCUT2D eigenvalue weighted by atomic mass is 10.2. The minimum absolute atomic E-state index is 0.109. The summed E-state index contributed by atoms with van der Waals surface area (Å²) in [6.07, 6.45) is -3.47. The summed E-state index contributed by atoms with van der Waals surface area (Å²) in [5.41, 5.74) is 0.870. The highest BCUT2D eigenvalue weighted by Crippen LogP contribution is 2.28. The quantitative estimate of drug-likeness (QED) is 0.441. The van der Waals surface area contributed by atoms with Crippen LogP contribution in [0.2, 0.25) is 0 Å². The zero-order valence-electron chi connectivity index (χ0n) is 10.9. The van der Waals surface area contributed by atoms with E-state index >= 15 is 0 Å². The fraction of sp³-hybridized carbons (Fsp3) is 0.143. The van der Waals surface area contributed by atoms with Gasteiger partial charge in [-0.2, -0.15) is 13.2 Å². The first-order valence-electron chi connectivity index (χ1n) is 5.93. The summed E-state index contributed by atoms with van der Waals surface area (Å²) in [5, 5.41) is 10.7. The van der Waals surface area contributed by atoms with Crippen molar-refractivity contribution in [2.45, 2.75) is 13.1 Å². The summed E-state index contributed by atoms with van der Waals surface area (Å²) in [5.74, 6) is -0.109. The second-order valence-electron chi connectivity index (χ2n) is 4.39. The van der Waals surface area contributed by atoms with E-state index in [0.29, 0.717) is 5.69 Å². The molecule has 1 heterocycles. The van der Waals surface area contributed by atoms with E-state index in [-0.39, 0.29) is 11.4 Å². The number of amidine groups is 1. The van der Waals surface area contributed by atoms with Crippen LogP contribution in [0.3, 0.4) is 0 Å². The zero-order chi connectivity index (χ0) is 15.6. The average molecular weight is 405 g/mol. The van der Waals surface area contributed by atoms with Crippen LogP contribution in [0.1, 0.15) is 16.8 Å². The van der Waals surface area contributed by atoms with Crippen LogP contribution in [-0.4, -0.2) is 10.8 Å². The zero-order valence-corrected chi connectivity index (χ0v) is 13.1. The number of hydrogen-bond donors (Lipinski definition) is 2. The van der Waals surface area contributed by atoms with Gasteiger partial charge in [-0.25, -0.2) is 0 Å². The Bertz CT molecular complexity index is 683. The molecule has 0 saturated carbocycles. The van der Waals surface area contributed by atoms with Crippen molar-refractivity contribution in [3.63, 3.8) is 0 Å². The molecular weight excluding hydrogens is 394 g/mol. The maximum atomic E-state index is 12.6. The van der Waals surface area contributed by atoms with Crippen molar-refractivity contribution in [2.75, 3.05) is 5.32 Å². The standard InChI is InChI=1S/C14H11F3IN3/c1-8-2-3-10(7-11(8)18)21-13(19)9-4-5-20-12(6-9)14(15,16)17/h2-7H,1H3,(H2,19,21). The van der Waals surface area contributed by atoms with Crippen LogP contribution in [0, 0.1) is 15.9 Å². The number of aryl methyl sites for hydroxylation is 1. The second-order valence-corrected chi connectivity index (χ2v) is 5.55. The van der Waals surface area contributed by atoms with Crippen molar-refractivity contribution < 1.29 is 13.2 Å². The number of nitrogens with one attached hydrogen (secondary N) is 2. The summed E-state index contributed by atoms with van der Waals surface area (Å²) in [6, 6.07) is 7.71. The first-order chi connectivity index (χ1) is 9.77. The molecule has 1 aromatic carbocycles. The van der Waals surface area contributed by atoms with Crippen molar-refractivity contribution in [1.29, 1.82) is 5.41 Å². The van der Waals surface area contributed by atoms with Crippen molar-refractivity contribution in [3.8, 4) is 0 Å². The van der Waals surface area contributed by atoms with Gasteiger partial charge in [0.05, 0.1) is 0 Å². The Morgan fingerprint density at radius 3 is 2.57 bits per heavy atom. The monoisotopic (exact) mass is 405 g/mol. The lowest BCUT2D eigenvalue weighted by Gasteiger charge is -2.11. The SMILES string of the molecule is Cc1ccc(NC(=N)c2ccnc(C(F)(F)F)c2)cc1I. The molecule has 21 heavy (non-hydrogen) atoms. The number of aromatic nitrogens is 1. The van der Waals surface area contributed by atoms with E-state index in [1.807, 2.05) is 19.1 Å². The van der Waals surface area contributed by atoms with Crippen molar-refractivity contribution in [3.05, 3.63) is 56.9 Å². The Morgan fingerprint density at radius 1 is 1.24 bits per heavy atom. The number of alkyl halides is 3. The Morgan fingerprint density at radius 2 is 1.95 bits per heavy atom. The maximum absolute atomic E-state index is 12.6. The third-order valence-corrected chi connectivity index (χ3v) is 3.94. The van der Waals surface area contributed by atoms with Gasteiger partial charge in [0.1, 0.15) is 11.5 Å². The Hall–Kier alpha value is -1.64. The number of halogens is 4. The summed E-state index contributed by atoms with van der Waals surface area (Å²) in [4.78, 5) is 3.28. The molecule has 7 heteroatoms. The van der Waals surface area contributed by atoms with Gasteiger partial charge in [-0.15, -0.1) is 0 Å². The fourth-order valence-electron chi connectivity index (χ4n) is 1.63. The summed E-state index contributed by atoms with van der Waals surface area (Å²) in [7, 11) is 0. The molecule has 3 nitrogen and oxygen atoms in total. The Labute approximate surface area is 133 Å². The van der Waals surface area contributed by atoms with E-state index in [1.54, 1.807) is 6.07 Å². The van der Waals surface area contributed by atoms with Crippen LogP contribution in [0.25, 0.3) is 0 Å². The average Bonchev–Trinajstić information content (AvgIpc) is 2.42. The minimum Gasteiger partial charge on any atom is -0.340 e. The number of rotatable bonds is 2. The number of benzene rings is 1. The summed E-state index contributed by atoms with van der Waals surface area (Å²) >= 11 is 2.16. The molecule has 0 fully saturated rings. The van der Waals surface area contributed by atoms with E-state index in [9.17, 15) is 13.2 Å². The molecule has 0 aliphatic rings. The van der Waals surface area contributed by atoms with E-state index < -0.39 is 11.9 Å². The van der Waals surface area contributed by atoms with Crippen LogP contribution in [0.4, 0.5) is 18.9 Å². The number of anilines is 1. The normalized spacial score (nSPS) is 11.3. The van der Waals surface area contributed by atoms with Crippen molar-refractivity contribution in [1.82, 2.24) is 4.98 Å². The second kappa shape index (κ2) is 6.00. The molecule has 0 unspecified atom stereocenters. The number of nitrogens with zero attached hydrogens (tertiary/aromatic N) is 1. The van der Waals surface area contributed by atoms with E-state index in [2.05, 4.69) is 32.9 Å². The lowest BCUT2D eigenvalue weighted by Crippen LogP contribution is -2.15. The van der Waals surface area contributed by atoms with Crippen LogP contribution in [-0.2, 0) is 6.18 Å². The Kier molecular flexibility index (Phi) is 4.50. The first kappa shape index (κ1) is 15.7. The molecule has 0 radical (unpaired) electrons. The molecule has 0 bridgehead atoms. The molecular formula is C14H11F3IN3. The van der Waals surface area contributed by atoms with Gasteiger partial charge in [0, 0.05) is 21.0 Å². The molecule has 0 aliphatic heterocycles. The van der Waals surface area contributed by atoms with Gasteiger partial charge in [0.15, 0.2) is 0 Å². The van der Waals surface area contributed by atoms with E-state index in [4.69, 9.17) is 5.41 Å². The predicted molar refractivity (Wildman–Crippen MR) is 83.6 cm³/mol. The van der Waals surface area contributed by atoms with Crippen LogP contribution in [0.5, 0.6) is 0 Å². The predicted octanol–water partition coefficient (Wildman–Crippen LogP) is 4.45. The molecule has 0 spiro atoms. The maximum Gasteiger partial charge on any atom is 0.433 e. The molecule has 0 amide bonds. The number of hydrogen-bond acceptors (Lipinski definition) is 2. The molecule has 0 aliphatic carbocycles. The molecule has 2 aromatic rings. The minimum atomic E-state index is -4.52. The van der Waals surface area contributed by atoms with Crippen molar-refractivity contribution in [2.24, 2.45) is 0 Å².